The summed E-state index contributed by atoms with van der Waals surface area (Å²) >= 11 is 0. The zero-order chi connectivity index (χ0) is 26.5. The third kappa shape index (κ3) is 6.32. The number of carbonyl (C=O) groups excluding carboxylic acids is 2. The summed E-state index contributed by atoms with van der Waals surface area (Å²) in [5, 5.41) is 4.05. The Labute approximate surface area is 220 Å². The van der Waals surface area contributed by atoms with Crippen LogP contribution in [0.15, 0.2) is 85.5 Å². The second kappa shape index (κ2) is 11.4. The van der Waals surface area contributed by atoms with Gasteiger partial charge in [0.2, 0.25) is 5.91 Å². The van der Waals surface area contributed by atoms with Crippen molar-refractivity contribution in [3.63, 3.8) is 0 Å². The van der Waals surface area contributed by atoms with E-state index in [4.69, 9.17) is 4.74 Å². The highest BCUT2D eigenvalue weighted by molar-refractivity contribution is 5.91. The first kappa shape index (κ1) is 25.3. The monoisotopic (exact) mass is 512 g/mol. The molecule has 0 radical (unpaired) electrons. The van der Waals surface area contributed by atoms with Gasteiger partial charge in [0, 0.05) is 13.0 Å². The third-order valence-electron chi connectivity index (χ3n) is 6.84. The molecule has 2 atom stereocenters. The molecular weight excluding hydrogens is 483 g/mol. The molecule has 1 amide bonds. The molecule has 1 aromatic heterocycles. The summed E-state index contributed by atoms with van der Waals surface area (Å²) in [6, 6.07) is 21.0. The predicted octanol–water partition coefficient (Wildman–Crippen LogP) is 4.79. The summed E-state index contributed by atoms with van der Waals surface area (Å²) in [7, 11) is 0. The summed E-state index contributed by atoms with van der Waals surface area (Å²) in [6.07, 6.45) is 4.55. The quantitative estimate of drug-likeness (QED) is 0.322. The molecule has 7 nitrogen and oxygen atoms in total. The van der Waals surface area contributed by atoms with Gasteiger partial charge in [-0.25, -0.2) is 14.1 Å². The van der Waals surface area contributed by atoms with Gasteiger partial charge in [-0.3, -0.25) is 9.59 Å². The first-order valence-electron chi connectivity index (χ1n) is 12.7. The van der Waals surface area contributed by atoms with Gasteiger partial charge in [-0.05, 0) is 73.2 Å². The number of rotatable bonds is 9. The summed E-state index contributed by atoms with van der Waals surface area (Å²) in [4.78, 5) is 32.3. The molecule has 4 aromatic rings. The summed E-state index contributed by atoms with van der Waals surface area (Å²) in [5.74, 6) is 0.864. The van der Waals surface area contributed by atoms with Crippen molar-refractivity contribution in [1.82, 2.24) is 19.7 Å². The zero-order valence-electron chi connectivity index (χ0n) is 21.2. The number of halogens is 1. The predicted molar refractivity (Wildman–Crippen MR) is 140 cm³/mol. The Balaban J connectivity index is 1.26. The number of Topliss-reactive ketones (excluding diaryl/α,β-unsaturated/α-hetero) is 1. The first-order chi connectivity index (χ1) is 18.4. The van der Waals surface area contributed by atoms with Gasteiger partial charge in [0.25, 0.3) is 0 Å². The largest absolute Gasteiger partial charge is 0.457 e. The average molecular weight is 513 g/mol. The van der Waals surface area contributed by atoms with Gasteiger partial charge in [-0.2, -0.15) is 5.10 Å². The normalized spacial score (nSPS) is 16.9. The fourth-order valence-corrected chi connectivity index (χ4v) is 4.89. The van der Waals surface area contributed by atoms with Crippen LogP contribution in [0.5, 0.6) is 11.5 Å². The molecule has 1 fully saturated rings. The minimum Gasteiger partial charge on any atom is -0.457 e. The molecule has 0 unspecified atom stereocenters. The number of amides is 1. The van der Waals surface area contributed by atoms with Crippen LogP contribution < -0.4 is 4.74 Å². The van der Waals surface area contributed by atoms with E-state index in [0.29, 0.717) is 24.5 Å². The highest BCUT2D eigenvalue weighted by Gasteiger charge is 2.39. The number of nitrogens with zero attached hydrogens (tertiary/aromatic N) is 4. The van der Waals surface area contributed by atoms with Crippen LogP contribution in [0.25, 0.3) is 0 Å². The Bertz CT molecular complexity index is 1370. The molecule has 0 saturated carbocycles. The maximum Gasteiger partial charge on any atom is 0.244 e. The van der Waals surface area contributed by atoms with Crippen molar-refractivity contribution in [2.75, 3.05) is 6.54 Å². The number of likely N-dealkylation sites (tertiary alicyclic amines) is 1. The van der Waals surface area contributed by atoms with Crippen LogP contribution in [-0.2, 0) is 29.0 Å². The molecular formula is C30H29FN4O3. The number of benzene rings is 3. The van der Waals surface area contributed by atoms with E-state index in [1.807, 2.05) is 12.1 Å². The number of aromatic nitrogens is 3. The highest BCUT2D eigenvalue weighted by atomic mass is 19.1. The maximum atomic E-state index is 13.5. The minimum absolute atomic E-state index is 0.00977. The Morgan fingerprint density at radius 3 is 2.26 bits per heavy atom. The summed E-state index contributed by atoms with van der Waals surface area (Å²) in [5.41, 5.74) is 3.24. The molecule has 1 aliphatic heterocycles. The van der Waals surface area contributed by atoms with Crippen molar-refractivity contribution in [3.8, 4) is 11.5 Å². The Hall–Kier alpha value is -4.33. The topological polar surface area (TPSA) is 77.3 Å². The van der Waals surface area contributed by atoms with E-state index >= 15 is 0 Å². The molecule has 0 N–H and O–H groups in total. The fraction of sp³-hybridized carbons (Fsp3) is 0.267. The van der Waals surface area contributed by atoms with Gasteiger partial charge in [0.05, 0.1) is 6.04 Å². The van der Waals surface area contributed by atoms with Crippen molar-refractivity contribution in [2.45, 2.75) is 38.8 Å². The molecule has 194 valence electrons. The van der Waals surface area contributed by atoms with Crippen molar-refractivity contribution < 1.29 is 18.7 Å². The highest BCUT2D eigenvalue weighted by Crippen LogP contribution is 2.29. The van der Waals surface area contributed by atoms with E-state index in [-0.39, 0.29) is 36.4 Å². The maximum absolute atomic E-state index is 13.5. The zero-order valence-corrected chi connectivity index (χ0v) is 21.2. The SMILES string of the molecule is Cc1ccc(C[C@@H]2C[C@@H](C(=O)Cc3ccc(Oc4ccc(F)cc4)cc3)N(C(=O)Cn3cncn3)C2)cc1. The van der Waals surface area contributed by atoms with Gasteiger partial charge in [-0.1, -0.05) is 42.0 Å². The lowest BCUT2D eigenvalue weighted by molar-refractivity contribution is -0.138. The van der Waals surface area contributed by atoms with Gasteiger partial charge in [0.15, 0.2) is 5.78 Å². The van der Waals surface area contributed by atoms with Crippen LogP contribution in [0.2, 0.25) is 0 Å². The number of carbonyl (C=O) groups is 2. The lowest BCUT2D eigenvalue weighted by atomic mass is 9.94. The van der Waals surface area contributed by atoms with Gasteiger partial charge in [-0.15, -0.1) is 0 Å². The van der Waals surface area contributed by atoms with Crippen LogP contribution in [0.3, 0.4) is 0 Å². The van der Waals surface area contributed by atoms with Gasteiger partial charge in [0.1, 0.15) is 36.5 Å². The Morgan fingerprint density at radius 1 is 0.947 bits per heavy atom. The molecule has 1 saturated heterocycles. The molecule has 8 heteroatoms. The number of aryl methyl sites for hydroxylation is 1. The van der Waals surface area contributed by atoms with E-state index in [2.05, 4.69) is 41.3 Å². The van der Waals surface area contributed by atoms with Crippen molar-refractivity contribution in [1.29, 1.82) is 0 Å². The second-order valence-electron chi connectivity index (χ2n) is 9.79. The van der Waals surface area contributed by atoms with Crippen molar-refractivity contribution in [2.24, 2.45) is 5.92 Å². The van der Waals surface area contributed by atoms with E-state index < -0.39 is 6.04 Å². The standard InChI is InChI=1S/C30H29FN4O3/c1-21-2-4-22(5-3-21)14-24-15-28(35(17-24)30(37)18-34-20-32-19-33-34)29(36)16-23-6-10-26(11-7-23)38-27-12-8-25(31)9-13-27/h2-13,19-20,24,28H,14-18H2,1H3/t24-,28+/m1/s1. The number of ether oxygens (including phenoxy) is 1. The summed E-state index contributed by atoms with van der Waals surface area (Å²) < 4.78 is 20.4. The molecule has 0 bridgehead atoms. The molecule has 38 heavy (non-hydrogen) atoms. The van der Waals surface area contributed by atoms with Gasteiger partial charge >= 0.3 is 0 Å². The van der Waals surface area contributed by atoms with Crippen LogP contribution in [0, 0.1) is 18.7 Å². The third-order valence-corrected chi connectivity index (χ3v) is 6.84. The number of hydrogen-bond acceptors (Lipinski definition) is 5. The van der Waals surface area contributed by atoms with E-state index in [9.17, 15) is 14.0 Å². The van der Waals surface area contributed by atoms with Crippen LogP contribution >= 0.6 is 0 Å². The number of hydrogen-bond donors (Lipinski definition) is 0. The second-order valence-corrected chi connectivity index (χ2v) is 9.79. The first-order valence-corrected chi connectivity index (χ1v) is 12.7. The number of ketones is 1. The van der Waals surface area contributed by atoms with E-state index in [0.717, 1.165) is 12.0 Å². The summed E-state index contributed by atoms with van der Waals surface area (Å²) in [6.45, 7) is 2.64. The molecule has 5 rings (SSSR count). The van der Waals surface area contributed by atoms with E-state index in [1.54, 1.807) is 29.2 Å². The fourth-order valence-electron chi connectivity index (χ4n) is 4.89. The Morgan fingerprint density at radius 2 is 1.61 bits per heavy atom. The van der Waals surface area contributed by atoms with Gasteiger partial charge < -0.3 is 9.64 Å². The smallest absolute Gasteiger partial charge is 0.244 e. The molecule has 0 aliphatic carbocycles. The van der Waals surface area contributed by atoms with E-state index in [1.165, 1.54) is 40.6 Å². The lowest BCUT2D eigenvalue weighted by Gasteiger charge is -2.23. The molecule has 3 aromatic carbocycles. The molecule has 1 aliphatic rings. The molecule has 2 heterocycles. The van der Waals surface area contributed by atoms with Crippen LogP contribution in [-0.4, -0.2) is 43.9 Å². The molecule has 0 spiro atoms. The Kier molecular flexibility index (Phi) is 7.58. The lowest BCUT2D eigenvalue weighted by Crippen LogP contribution is -2.42. The van der Waals surface area contributed by atoms with Crippen LogP contribution in [0.1, 0.15) is 23.1 Å². The average Bonchev–Trinajstić information content (AvgIpc) is 3.58. The van der Waals surface area contributed by atoms with Crippen molar-refractivity contribution >= 4 is 11.7 Å². The minimum atomic E-state index is -0.489. The van der Waals surface area contributed by atoms with Crippen LogP contribution in [0.4, 0.5) is 4.39 Å². The van der Waals surface area contributed by atoms with Crippen molar-refractivity contribution in [3.05, 3.63) is 108 Å².